The molecule has 0 saturated carbocycles. The van der Waals surface area contributed by atoms with Crippen molar-refractivity contribution in [2.45, 2.75) is 25.1 Å². The number of nitrogens with one attached hydrogen (secondary N) is 1. The third-order valence-electron chi connectivity index (χ3n) is 2.42. The van der Waals surface area contributed by atoms with E-state index in [1.54, 1.807) is 12.1 Å². The molecule has 102 valence electrons. The molecule has 0 aliphatic carbocycles. The van der Waals surface area contributed by atoms with Crippen LogP contribution in [-0.4, -0.2) is 25.9 Å². The van der Waals surface area contributed by atoms with Crippen LogP contribution in [0, 0.1) is 0 Å². The van der Waals surface area contributed by atoms with Gasteiger partial charge in [-0.05, 0) is 31.7 Å². The van der Waals surface area contributed by atoms with Crippen LogP contribution in [0.3, 0.4) is 0 Å². The molecule has 18 heavy (non-hydrogen) atoms. The Hall–Kier alpha value is -0.750. The number of rotatable bonds is 6. The van der Waals surface area contributed by atoms with Crippen LogP contribution in [0.15, 0.2) is 28.7 Å². The van der Waals surface area contributed by atoms with Crippen molar-refractivity contribution in [2.75, 3.05) is 13.7 Å². The van der Waals surface area contributed by atoms with Gasteiger partial charge in [0, 0.05) is 10.5 Å². The van der Waals surface area contributed by atoms with Crippen LogP contribution < -0.4 is 10.1 Å². The number of halogens is 4. The van der Waals surface area contributed by atoms with Crippen molar-refractivity contribution in [3.05, 3.63) is 28.7 Å². The average molecular weight is 326 g/mol. The van der Waals surface area contributed by atoms with Crippen molar-refractivity contribution in [3.63, 3.8) is 0 Å². The van der Waals surface area contributed by atoms with Crippen LogP contribution in [0.5, 0.6) is 5.75 Å². The van der Waals surface area contributed by atoms with Crippen molar-refractivity contribution in [1.29, 1.82) is 0 Å². The number of hydrogen-bond donors (Lipinski definition) is 1. The fourth-order valence-corrected chi connectivity index (χ4v) is 1.88. The van der Waals surface area contributed by atoms with Crippen molar-refractivity contribution in [1.82, 2.24) is 5.32 Å². The number of benzene rings is 1. The standard InChI is InChI=1S/C12H15BrF3NO/c1-17-10(8-12(14,15)16)5-6-18-11-4-2-3-9(13)7-11/h2-4,7,10,17H,5-6,8H2,1H3. The number of ether oxygens (including phenoxy) is 1. The molecule has 0 saturated heterocycles. The minimum Gasteiger partial charge on any atom is -0.493 e. The van der Waals surface area contributed by atoms with Gasteiger partial charge in [0.05, 0.1) is 13.0 Å². The van der Waals surface area contributed by atoms with E-state index in [2.05, 4.69) is 21.2 Å². The molecule has 1 aromatic rings. The van der Waals surface area contributed by atoms with Gasteiger partial charge in [-0.15, -0.1) is 0 Å². The van der Waals surface area contributed by atoms with Crippen LogP contribution in [0.1, 0.15) is 12.8 Å². The summed E-state index contributed by atoms with van der Waals surface area (Å²) >= 11 is 3.30. The summed E-state index contributed by atoms with van der Waals surface area (Å²) < 4.78 is 42.9. The molecular formula is C12H15BrF3NO. The van der Waals surface area contributed by atoms with Crippen LogP contribution in [0.4, 0.5) is 13.2 Å². The molecule has 2 nitrogen and oxygen atoms in total. The zero-order chi connectivity index (χ0) is 13.6. The molecule has 1 rings (SSSR count). The Labute approximate surface area is 113 Å². The zero-order valence-corrected chi connectivity index (χ0v) is 11.5. The first kappa shape index (κ1) is 15.3. The minimum absolute atomic E-state index is 0.248. The van der Waals surface area contributed by atoms with E-state index in [0.717, 1.165) is 4.47 Å². The van der Waals surface area contributed by atoms with Crippen LogP contribution in [-0.2, 0) is 0 Å². The Morgan fingerprint density at radius 2 is 2.11 bits per heavy atom. The summed E-state index contributed by atoms with van der Waals surface area (Å²) in [6, 6.07) is 6.59. The number of alkyl halides is 3. The lowest BCUT2D eigenvalue weighted by Crippen LogP contribution is -2.32. The van der Waals surface area contributed by atoms with Crippen molar-refractivity contribution < 1.29 is 17.9 Å². The second kappa shape index (κ2) is 6.99. The molecular weight excluding hydrogens is 311 g/mol. The Kier molecular flexibility index (Phi) is 5.95. The molecule has 0 bridgehead atoms. The third kappa shape index (κ3) is 6.26. The van der Waals surface area contributed by atoms with E-state index in [-0.39, 0.29) is 6.61 Å². The molecule has 0 heterocycles. The van der Waals surface area contributed by atoms with Gasteiger partial charge in [0.25, 0.3) is 0 Å². The van der Waals surface area contributed by atoms with E-state index in [1.165, 1.54) is 7.05 Å². The SMILES string of the molecule is CNC(CCOc1cccc(Br)c1)CC(F)(F)F. The molecule has 0 amide bonds. The Balaban J connectivity index is 2.35. The van der Waals surface area contributed by atoms with E-state index in [1.807, 2.05) is 12.1 Å². The van der Waals surface area contributed by atoms with Gasteiger partial charge < -0.3 is 10.1 Å². The highest BCUT2D eigenvalue weighted by Crippen LogP contribution is 2.23. The van der Waals surface area contributed by atoms with Gasteiger partial charge in [-0.1, -0.05) is 22.0 Å². The maximum Gasteiger partial charge on any atom is 0.390 e. The van der Waals surface area contributed by atoms with Crippen LogP contribution in [0.25, 0.3) is 0 Å². The lowest BCUT2D eigenvalue weighted by molar-refractivity contribution is -0.140. The quantitative estimate of drug-likeness (QED) is 0.859. The lowest BCUT2D eigenvalue weighted by Gasteiger charge is -2.18. The summed E-state index contributed by atoms with van der Waals surface area (Å²) in [5.74, 6) is 0.645. The van der Waals surface area contributed by atoms with Crippen molar-refractivity contribution >= 4 is 15.9 Å². The molecule has 0 aliphatic rings. The van der Waals surface area contributed by atoms with Gasteiger partial charge in [-0.2, -0.15) is 13.2 Å². The van der Waals surface area contributed by atoms with E-state index >= 15 is 0 Å². The molecule has 1 atom stereocenters. The molecule has 6 heteroatoms. The maximum absolute atomic E-state index is 12.2. The second-order valence-electron chi connectivity index (χ2n) is 3.90. The molecule has 0 aromatic heterocycles. The summed E-state index contributed by atoms with van der Waals surface area (Å²) in [7, 11) is 1.52. The molecule has 0 fully saturated rings. The fraction of sp³-hybridized carbons (Fsp3) is 0.500. The highest BCUT2D eigenvalue weighted by Gasteiger charge is 2.31. The van der Waals surface area contributed by atoms with E-state index < -0.39 is 18.6 Å². The topological polar surface area (TPSA) is 21.3 Å². The third-order valence-corrected chi connectivity index (χ3v) is 2.91. The van der Waals surface area contributed by atoms with Gasteiger partial charge in [-0.3, -0.25) is 0 Å². The predicted octanol–water partition coefficient (Wildman–Crippen LogP) is 3.76. The fourth-order valence-electron chi connectivity index (χ4n) is 1.50. The first-order chi connectivity index (χ1) is 8.40. The Bertz CT molecular complexity index is 371. The largest absolute Gasteiger partial charge is 0.493 e. The van der Waals surface area contributed by atoms with E-state index in [0.29, 0.717) is 12.2 Å². The maximum atomic E-state index is 12.2. The van der Waals surface area contributed by atoms with Gasteiger partial charge >= 0.3 is 6.18 Å². The van der Waals surface area contributed by atoms with Crippen molar-refractivity contribution in [3.8, 4) is 5.75 Å². The zero-order valence-electron chi connectivity index (χ0n) is 9.93. The van der Waals surface area contributed by atoms with E-state index in [4.69, 9.17) is 4.74 Å². The average Bonchev–Trinajstić information content (AvgIpc) is 2.26. The molecule has 1 unspecified atom stereocenters. The Morgan fingerprint density at radius 1 is 1.39 bits per heavy atom. The molecule has 0 spiro atoms. The molecule has 1 aromatic carbocycles. The molecule has 1 N–H and O–H groups in total. The van der Waals surface area contributed by atoms with Crippen LogP contribution in [0.2, 0.25) is 0 Å². The van der Waals surface area contributed by atoms with Gasteiger partial charge in [0.15, 0.2) is 0 Å². The smallest absolute Gasteiger partial charge is 0.390 e. The summed E-state index contributed by atoms with van der Waals surface area (Å²) in [6.07, 6.45) is -4.68. The minimum atomic E-state index is -4.15. The summed E-state index contributed by atoms with van der Waals surface area (Å²) in [6.45, 7) is 0.248. The first-order valence-corrected chi connectivity index (χ1v) is 6.32. The molecule has 0 radical (unpaired) electrons. The highest BCUT2D eigenvalue weighted by atomic mass is 79.9. The van der Waals surface area contributed by atoms with Crippen molar-refractivity contribution in [2.24, 2.45) is 0 Å². The highest BCUT2D eigenvalue weighted by molar-refractivity contribution is 9.10. The Morgan fingerprint density at radius 3 is 2.67 bits per heavy atom. The predicted molar refractivity (Wildman–Crippen MR) is 67.8 cm³/mol. The monoisotopic (exact) mass is 325 g/mol. The summed E-state index contributed by atoms with van der Waals surface area (Å²) in [5.41, 5.74) is 0. The number of hydrogen-bond acceptors (Lipinski definition) is 2. The summed E-state index contributed by atoms with van der Waals surface area (Å²) in [4.78, 5) is 0. The molecule has 0 aliphatic heterocycles. The lowest BCUT2D eigenvalue weighted by atomic mass is 10.1. The first-order valence-electron chi connectivity index (χ1n) is 5.53. The van der Waals surface area contributed by atoms with E-state index in [9.17, 15) is 13.2 Å². The second-order valence-corrected chi connectivity index (χ2v) is 4.82. The van der Waals surface area contributed by atoms with Crippen LogP contribution >= 0.6 is 15.9 Å². The normalized spacial score (nSPS) is 13.4. The van der Waals surface area contributed by atoms with Gasteiger partial charge in [0.1, 0.15) is 5.75 Å². The summed E-state index contributed by atoms with van der Waals surface area (Å²) in [5, 5.41) is 2.65. The van der Waals surface area contributed by atoms with Gasteiger partial charge in [0.2, 0.25) is 0 Å². The van der Waals surface area contributed by atoms with Gasteiger partial charge in [-0.25, -0.2) is 0 Å².